The Morgan fingerprint density at radius 2 is 1.71 bits per heavy atom. The Balaban J connectivity index is 1.66. The molecule has 4 rings (SSSR count). The van der Waals surface area contributed by atoms with Gasteiger partial charge in [-0.3, -0.25) is 19.0 Å². The molecule has 0 saturated heterocycles. The number of aryl methyl sites for hydroxylation is 2. The van der Waals surface area contributed by atoms with E-state index >= 15 is 0 Å². The van der Waals surface area contributed by atoms with E-state index in [1.165, 1.54) is 8.97 Å². The van der Waals surface area contributed by atoms with Crippen molar-refractivity contribution in [3.63, 3.8) is 0 Å². The number of aromatic nitrogens is 4. The number of hydrogen-bond acceptors (Lipinski definition) is 5. The average Bonchev–Trinajstić information content (AvgIpc) is 3.14. The third-order valence-electron chi connectivity index (χ3n) is 5.60. The Morgan fingerprint density at radius 3 is 2.43 bits per heavy atom. The Morgan fingerprint density at radius 1 is 1.00 bits per heavy atom. The highest BCUT2D eigenvalue weighted by Gasteiger charge is 2.19. The van der Waals surface area contributed by atoms with Crippen molar-refractivity contribution in [2.75, 3.05) is 0 Å². The van der Waals surface area contributed by atoms with Gasteiger partial charge in [0.1, 0.15) is 6.54 Å². The first-order valence-corrected chi connectivity index (χ1v) is 11.5. The third kappa shape index (κ3) is 5.16. The SMILES string of the molecule is Cc1ccc(CNC(=O)Cn2nc3n(CCC(=O)NC(C)C)c(=O)c4ccccc4n3c2=O)cc1. The maximum absolute atomic E-state index is 13.2. The first kappa shape index (κ1) is 23.9. The van der Waals surface area contributed by atoms with Crippen molar-refractivity contribution < 1.29 is 9.59 Å². The van der Waals surface area contributed by atoms with Gasteiger partial charge in [0.25, 0.3) is 5.56 Å². The number of nitrogens with one attached hydrogen (secondary N) is 2. The normalized spacial score (nSPS) is 11.3. The van der Waals surface area contributed by atoms with Crippen LogP contribution in [0, 0.1) is 6.92 Å². The molecule has 0 aliphatic carbocycles. The Bertz CT molecular complexity index is 1510. The van der Waals surface area contributed by atoms with Crippen molar-refractivity contribution in [3.8, 4) is 0 Å². The van der Waals surface area contributed by atoms with Crippen molar-refractivity contribution in [1.82, 2.24) is 29.4 Å². The Hall–Kier alpha value is -4.21. The Kier molecular flexibility index (Phi) is 6.81. The van der Waals surface area contributed by atoms with Gasteiger partial charge in [0.05, 0.1) is 10.9 Å². The molecule has 2 aromatic carbocycles. The number of nitrogens with zero attached hydrogens (tertiary/aromatic N) is 4. The van der Waals surface area contributed by atoms with Crippen LogP contribution in [0.25, 0.3) is 16.7 Å². The summed E-state index contributed by atoms with van der Waals surface area (Å²) in [6, 6.07) is 14.4. The topological polar surface area (TPSA) is 120 Å². The number of carbonyl (C=O) groups is 2. The summed E-state index contributed by atoms with van der Waals surface area (Å²) in [4.78, 5) is 51.2. The predicted octanol–water partition coefficient (Wildman–Crippen LogP) is 1.35. The van der Waals surface area contributed by atoms with E-state index in [4.69, 9.17) is 0 Å². The van der Waals surface area contributed by atoms with Crippen LogP contribution in [0.1, 0.15) is 31.4 Å². The molecule has 0 unspecified atom stereocenters. The molecule has 2 aromatic heterocycles. The molecular formula is C25H28N6O4. The number of benzene rings is 2. The van der Waals surface area contributed by atoms with Gasteiger partial charge in [0, 0.05) is 25.6 Å². The lowest BCUT2D eigenvalue weighted by Crippen LogP contribution is -2.33. The summed E-state index contributed by atoms with van der Waals surface area (Å²) < 4.78 is 3.66. The molecule has 0 fully saturated rings. The van der Waals surface area contributed by atoms with Gasteiger partial charge >= 0.3 is 5.69 Å². The van der Waals surface area contributed by atoms with Crippen LogP contribution in [0.15, 0.2) is 58.1 Å². The molecule has 4 aromatic rings. The van der Waals surface area contributed by atoms with E-state index in [1.54, 1.807) is 24.3 Å². The molecule has 2 N–H and O–H groups in total. The van der Waals surface area contributed by atoms with E-state index in [9.17, 15) is 19.2 Å². The van der Waals surface area contributed by atoms with E-state index in [1.807, 2.05) is 45.0 Å². The number of fused-ring (bicyclic) bond motifs is 3. The zero-order valence-corrected chi connectivity index (χ0v) is 19.9. The van der Waals surface area contributed by atoms with Crippen molar-refractivity contribution >= 4 is 28.5 Å². The zero-order valence-electron chi connectivity index (χ0n) is 19.9. The van der Waals surface area contributed by atoms with Crippen LogP contribution in [0.4, 0.5) is 0 Å². The second-order valence-corrected chi connectivity index (χ2v) is 8.78. The number of carbonyl (C=O) groups excluding carboxylic acids is 2. The van der Waals surface area contributed by atoms with Crippen molar-refractivity contribution in [1.29, 1.82) is 0 Å². The lowest BCUT2D eigenvalue weighted by atomic mass is 10.1. The van der Waals surface area contributed by atoms with Crippen LogP contribution in [0.2, 0.25) is 0 Å². The van der Waals surface area contributed by atoms with Gasteiger partial charge < -0.3 is 10.6 Å². The van der Waals surface area contributed by atoms with Gasteiger partial charge in [0.15, 0.2) is 0 Å². The molecule has 0 aliphatic rings. The van der Waals surface area contributed by atoms with Crippen LogP contribution in [-0.4, -0.2) is 36.6 Å². The quantitative estimate of drug-likeness (QED) is 0.398. The fraction of sp³-hybridized carbons (Fsp3) is 0.320. The largest absolute Gasteiger partial charge is 0.354 e. The maximum atomic E-state index is 13.2. The molecule has 0 saturated carbocycles. The molecule has 2 amide bonds. The van der Waals surface area contributed by atoms with Crippen LogP contribution >= 0.6 is 0 Å². The molecule has 182 valence electrons. The van der Waals surface area contributed by atoms with Crippen molar-refractivity contribution in [3.05, 3.63) is 80.5 Å². The summed E-state index contributed by atoms with van der Waals surface area (Å²) in [6.45, 7) is 5.75. The molecule has 0 spiro atoms. The molecule has 0 radical (unpaired) electrons. The molecule has 2 heterocycles. The Labute approximate surface area is 201 Å². The van der Waals surface area contributed by atoms with Gasteiger partial charge in [0.2, 0.25) is 17.6 Å². The first-order chi connectivity index (χ1) is 16.7. The van der Waals surface area contributed by atoms with Crippen LogP contribution in [-0.2, 0) is 29.2 Å². The van der Waals surface area contributed by atoms with E-state index in [-0.39, 0.29) is 48.7 Å². The summed E-state index contributed by atoms with van der Waals surface area (Å²) in [5, 5.41) is 10.2. The van der Waals surface area contributed by atoms with E-state index < -0.39 is 5.69 Å². The molecule has 10 nitrogen and oxygen atoms in total. The van der Waals surface area contributed by atoms with Gasteiger partial charge in [-0.05, 0) is 38.5 Å². The molecule has 0 aliphatic heterocycles. The first-order valence-electron chi connectivity index (χ1n) is 11.5. The number of rotatable bonds is 8. The van der Waals surface area contributed by atoms with Crippen molar-refractivity contribution in [2.24, 2.45) is 0 Å². The second kappa shape index (κ2) is 9.96. The smallest absolute Gasteiger partial charge is 0.352 e. The van der Waals surface area contributed by atoms with Gasteiger partial charge in [-0.25, -0.2) is 13.9 Å². The van der Waals surface area contributed by atoms with E-state index in [2.05, 4.69) is 15.7 Å². The minimum atomic E-state index is -0.540. The second-order valence-electron chi connectivity index (χ2n) is 8.78. The summed E-state index contributed by atoms with van der Waals surface area (Å²) in [5.41, 5.74) is 1.56. The maximum Gasteiger partial charge on any atom is 0.352 e. The average molecular weight is 477 g/mol. The highest BCUT2D eigenvalue weighted by Crippen LogP contribution is 2.11. The lowest BCUT2D eigenvalue weighted by molar-refractivity contribution is -0.122. The summed E-state index contributed by atoms with van der Waals surface area (Å²) >= 11 is 0. The van der Waals surface area contributed by atoms with Crippen LogP contribution < -0.4 is 21.9 Å². The standard InChI is InChI=1S/C25H28N6O4/c1-16(2)27-21(32)12-13-29-23(34)19-6-4-5-7-20(19)31-24(29)28-30(25(31)35)15-22(33)26-14-18-10-8-17(3)9-11-18/h4-11,16H,12-15H2,1-3H3,(H,26,33)(H,27,32). The molecule has 0 atom stereocenters. The summed E-state index contributed by atoms with van der Waals surface area (Å²) in [7, 11) is 0. The molecule has 10 heteroatoms. The fourth-order valence-corrected chi connectivity index (χ4v) is 3.88. The van der Waals surface area contributed by atoms with E-state index in [0.717, 1.165) is 15.8 Å². The highest BCUT2D eigenvalue weighted by atomic mass is 16.2. The summed E-state index contributed by atoms with van der Waals surface area (Å²) in [6.07, 6.45) is 0.0458. The molecule has 35 heavy (non-hydrogen) atoms. The number of hydrogen-bond donors (Lipinski definition) is 2. The van der Waals surface area contributed by atoms with Crippen LogP contribution in [0.5, 0.6) is 0 Å². The monoisotopic (exact) mass is 476 g/mol. The number of amides is 2. The van der Waals surface area contributed by atoms with E-state index in [0.29, 0.717) is 17.4 Å². The number of para-hydroxylation sites is 1. The van der Waals surface area contributed by atoms with Gasteiger partial charge in [-0.1, -0.05) is 42.0 Å². The van der Waals surface area contributed by atoms with Gasteiger partial charge in [-0.15, -0.1) is 5.10 Å². The van der Waals surface area contributed by atoms with Crippen molar-refractivity contribution in [2.45, 2.75) is 52.9 Å². The van der Waals surface area contributed by atoms with Gasteiger partial charge in [-0.2, -0.15) is 0 Å². The highest BCUT2D eigenvalue weighted by molar-refractivity contribution is 5.80. The molecular weight excluding hydrogens is 448 g/mol. The third-order valence-corrected chi connectivity index (χ3v) is 5.60. The minimum absolute atomic E-state index is 0.0314. The minimum Gasteiger partial charge on any atom is -0.354 e. The zero-order chi connectivity index (χ0) is 25.1. The van der Waals surface area contributed by atoms with Crippen LogP contribution in [0.3, 0.4) is 0 Å². The fourth-order valence-electron chi connectivity index (χ4n) is 3.88. The molecule has 0 bridgehead atoms. The predicted molar refractivity (Wildman–Crippen MR) is 132 cm³/mol. The summed E-state index contributed by atoms with van der Waals surface area (Å²) in [5.74, 6) is -0.511. The lowest BCUT2D eigenvalue weighted by Gasteiger charge is -2.11.